The molecule has 0 amide bonds. The van der Waals surface area contributed by atoms with E-state index in [-0.39, 0.29) is 5.78 Å². The van der Waals surface area contributed by atoms with Crippen LogP contribution >= 0.6 is 0 Å². The molecule has 0 heterocycles. The van der Waals surface area contributed by atoms with Gasteiger partial charge in [-0.1, -0.05) is 30.3 Å². The average Bonchev–Trinajstić information content (AvgIpc) is 2.38. The number of nitrogen functional groups attached to an aromatic ring is 1. The van der Waals surface area contributed by atoms with Gasteiger partial charge in [0.15, 0.2) is 5.78 Å². The highest BCUT2D eigenvalue weighted by molar-refractivity contribution is 6.07. The number of benzene rings is 2. The lowest BCUT2D eigenvalue weighted by Gasteiger charge is -1.99. The summed E-state index contributed by atoms with van der Waals surface area (Å²) in [6.45, 7) is 2.02. The Morgan fingerprint density at radius 1 is 1.06 bits per heavy atom. The zero-order valence-corrected chi connectivity index (χ0v) is 10.3. The van der Waals surface area contributed by atoms with Crippen LogP contribution in [0.25, 0.3) is 6.08 Å². The Labute approximate surface area is 107 Å². The summed E-state index contributed by atoms with van der Waals surface area (Å²) in [5.41, 5.74) is 9.10. The van der Waals surface area contributed by atoms with Crippen molar-refractivity contribution in [3.8, 4) is 0 Å². The van der Waals surface area contributed by atoms with Crippen molar-refractivity contribution >= 4 is 17.5 Å². The summed E-state index contributed by atoms with van der Waals surface area (Å²) in [7, 11) is 0. The number of hydrogen-bond donors (Lipinski definition) is 1. The lowest BCUT2D eigenvalue weighted by Crippen LogP contribution is -1.94. The maximum atomic E-state index is 11.9. The predicted octanol–water partition coefficient (Wildman–Crippen LogP) is 3.47. The molecule has 0 radical (unpaired) electrons. The normalized spacial score (nSPS) is 10.7. The standard InChI is InChI=1S/C16H15NO/c1-12-4-2-3-5-13(12)8-11-16(18)14-6-9-15(17)10-7-14/h2-11H,17H2,1H3/b11-8+. The molecule has 0 aromatic heterocycles. The molecule has 0 aliphatic heterocycles. The molecule has 18 heavy (non-hydrogen) atoms. The molecule has 2 heteroatoms. The second-order valence-electron chi connectivity index (χ2n) is 4.18. The van der Waals surface area contributed by atoms with Crippen LogP contribution in [0.4, 0.5) is 5.69 Å². The van der Waals surface area contributed by atoms with Crippen molar-refractivity contribution in [3.63, 3.8) is 0 Å². The molecule has 0 spiro atoms. The first-order valence-corrected chi connectivity index (χ1v) is 5.80. The molecule has 0 aliphatic carbocycles. The molecule has 90 valence electrons. The smallest absolute Gasteiger partial charge is 0.185 e. The Bertz CT molecular complexity index is 582. The third-order valence-electron chi connectivity index (χ3n) is 2.80. The summed E-state index contributed by atoms with van der Waals surface area (Å²) in [6, 6.07) is 14.9. The van der Waals surface area contributed by atoms with E-state index in [4.69, 9.17) is 5.73 Å². The van der Waals surface area contributed by atoms with E-state index in [1.807, 2.05) is 37.3 Å². The van der Waals surface area contributed by atoms with Crippen LogP contribution < -0.4 is 5.73 Å². The fourth-order valence-electron chi connectivity index (χ4n) is 1.68. The minimum absolute atomic E-state index is 0.0155. The van der Waals surface area contributed by atoms with E-state index in [0.29, 0.717) is 11.3 Å². The number of nitrogens with two attached hydrogens (primary N) is 1. The SMILES string of the molecule is Cc1ccccc1/C=C/C(=O)c1ccc(N)cc1. The molecule has 0 saturated carbocycles. The highest BCUT2D eigenvalue weighted by Gasteiger charge is 2.01. The van der Waals surface area contributed by atoms with Crippen molar-refractivity contribution in [1.82, 2.24) is 0 Å². The van der Waals surface area contributed by atoms with Gasteiger partial charge in [-0.2, -0.15) is 0 Å². The van der Waals surface area contributed by atoms with Crippen molar-refractivity contribution < 1.29 is 4.79 Å². The van der Waals surface area contributed by atoms with Crippen LogP contribution in [0.15, 0.2) is 54.6 Å². The molecule has 0 fully saturated rings. The summed E-state index contributed by atoms with van der Waals surface area (Å²) in [4.78, 5) is 11.9. The van der Waals surface area contributed by atoms with Gasteiger partial charge >= 0.3 is 0 Å². The van der Waals surface area contributed by atoms with Crippen LogP contribution in [0.5, 0.6) is 0 Å². The molecule has 0 atom stereocenters. The first kappa shape index (κ1) is 12.1. The molecule has 0 saturated heterocycles. The average molecular weight is 237 g/mol. The fraction of sp³-hybridized carbons (Fsp3) is 0.0625. The quantitative estimate of drug-likeness (QED) is 0.504. The predicted molar refractivity (Wildman–Crippen MR) is 75.4 cm³/mol. The Morgan fingerprint density at radius 3 is 2.39 bits per heavy atom. The Hall–Kier alpha value is -2.35. The summed E-state index contributed by atoms with van der Waals surface area (Å²) < 4.78 is 0. The zero-order valence-electron chi connectivity index (χ0n) is 10.3. The maximum absolute atomic E-state index is 11.9. The topological polar surface area (TPSA) is 43.1 Å². The van der Waals surface area contributed by atoms with Crippen LogP contribution in [0.2, 0.25) is 0 Å². The largest absolute Gasteiger partial charge is 0.399 e. The minimum Gasteiger partial charge on any atom is -0.399 e. The number of aryl methyl sites for hydroxylation is 1. The van der Waals surface area contributed by atoms with Gasteiger partial charge in [0.1, 0.15) is 0 Å². The van der Waals surface area contributed by atoms with Gasteiger partial charge in [0.25, 0.3) is 0 Å². The van der Waals surface area contributed by atoms with Gasteiger partial charge in [0.2, 0.25) is 0 Å². The molecule has 2 aromatic carbocycles. The summed E-state index contributed by atoms with van der Waals surface area (Å²) in [5, 5.41) is 0. The molecular formula is C16H15NO. The number of carbonyl (C=O) groups is 1. The number of rotatable bonds is 3. The number of carbonyl (C=O) groups excluding carboxylic acids is 1. The van der Waals surface area contributed by atoms with Crippen LogP contribution in [0.3, 0.4) is 0 Å². The Kier molecular flexibility index (Phi) is 3.58. The number of allylic oxidation sites excluding steroid dienone is 1. The fourth-order valence-corrected chi connectivity index (χ4v) is 1.68. The molecule has 0 unspecified atom stereocenters. The van der Waals surface area contributed by atoms with E-state index < -0.39 is 0 Å². The second kappa shape index (κ2) is 5.32. The van der Waals surface area contributed by atoms with Gasteiger partial charge in [0, 0.05) is 11.3 Å². The van der Waals surface area contributed by atoms with E-state index >= 15 is 0 Å². The zero-order chi connectivity index (χ0) is 13.0. The lowest BCUT2D eigenvalue weighted by atomic mass is 10.1. The maximum Gasteiger partial charge on any atom is 0.185 e. The van der Waals surface area contributed by atoms with Gasteiger partial charge in [-0.15, -0.1) is 0 Å². The summed E-state index contributed by atoms with van der Waals surface area (Å²) >= 11 is 0. The monoisotopic (exact) mass is 237 g/mol. The molecular weight excluding hydrogens is 222 g/mol. The van der Waals surface area contributed by atoms with Crippen molar-refractivity contribution in [2.45, 2.75) is 6.92 Å². The molecule has 0 aliphatic rings. The Morgan fingerprint density at radius 2 is 1.72 bits per heavy atom. The van der Waals surface area contributed by atoms with Crippen LogP contribution in [-0.2, 0) is 0 Å². The number of anilines is 1. The highest BCUT2D eigenvalue weighted by atomic mass is 16.1. The first-order chi connectivity index (χ1) is 8.66. The summed E-state index contributed by atoms with van der Waals surface area (Å²) in [5.74, 6) is -0.0155. The Balaban J connectivity index is 2.17. The van der Waals surface area contributed by atoms with E-state index in [2.05, 4.69) is 0 Å². The van der Waals surface area contributed by atoms with Gasteiger partial charge in [-0.05, 0) is 48.4 Å². The van der Waals surface area contributed by atoms with Crippen molar-refractivity contribution in [2.24, 2.45) is 0 Å². The van der Waals surface area contributed by atoms with Crippen molar-refractivity contribution in [3.05, 3.63) is 71.3 Å². The third-order valence-corrected chi connectivity index (χ3v) is 2.80. The molecule has 2 N–H and O–H groups in total. The minimum atomic E-state index is -0.0155. The summed E-state index contributed by atoms with van der Waals surface area (Å²) in [6.07, 6.45) is 3.43. The van der Waals surface area contributed by atoms with Gasteiger partial charge in [-0.3, -0.25) is 4.79 Å². The molecule has 0 bridgehead atoms. The third kappa shape index (κ3) is 2.86. The first-order valence-electron chi connectivity index (χ1n) is 5.80. The van der Waals surface area contributed by atoms with Gasteiger partial charge in [0.05, 0.1) is 0 Å². The van der Waals surface area contributed by atoms with Gasteiger partial charge in [-0.25, -0.2) is 0 Å². The van der Waals surface area contributed by atoms with Gasteiger partial charge < -0.3 is 5.73 Å². The molecule has 2 aromatic rings. The molecule has 2 rings (SSSR count). The van der Waals surface area contributed by atoms with E-state index in [1.165, 1.54) is 0 Å². The van der Waals surface area contributed by atoms with E-state index in [9.17, 15) is 4.79 Å². The van der Waals surface area contributed by atoms with Crippen LogP contribution in [-0.4, -0.2) is 5.78 Å². The van der Waals surface area contributed by atoms with Crippen molar-refractivity contribution in [2.75, 3.05) is 5.73 Å². The number of ketones is 1. The van der Waals surface area contributed by atoms with Crippen LogP contribution in [0.1, 0.15) is 21.5 Å². The van der Waals surface area contributed by atoms with E-state index in [0.717, 1.165) is 11.1 Å². The highest BCUT2D eigenvalue weighted by Crippen LogP contribution is 2.11. The second-order valence-corrected chi connectivity index (χ2v) is 4.18. The van der Waals surface area contributed by atoms with Crippen molar-refractivity contribution in [1.29, 1.82) is 0 Å². The molecule has 2 nitrogen and oxygen atoms in total. The number of hydrogen-bond acceptors (Lipinski definition) is 2. The van der Waals surface area contributed by atoms with E-state index in [1.54, 1.807) is 30.3 Å². The van der Waals surface area contributed by atoms with Crippen LogP contribution in [0, 0.1) is 6.92 Å². The lowest BCUT2D eigenvalue weighted by molar-refractivity contribution is 0.104.